The van der Waals surface area contributed by atoms with Gasteiger partial charge in [0.15, 0.2) is 0 Å². The van der Waals surface area contributed by atoms with E-state index in [0.29, 0.717) is 12.8 Å². The number of carbonyl (C=O) groups excluding carboxylic acids is 1. The first-order valence-corrected chi connectivity index (χ1v) is 20.6. The minimum atomic E-state index is -0.678. The van der Waals surface area contributed by atoms with Gasteiger partial charge in [-0.25, -0.2) is 0 Å². The molecule has 4 heteroatoms. The summed E-state index contributed by atoms with van der Waals surface area (Å²) >= 11 is 0. The van der Waals surface area contributed by atoms with Crippen molar-refractivity contribution in [2.24, 2.45) is 0 Å². The summed E-state index contributed by atoms with van der Waals surface area (Å²) < 4.78 is 0. The van der Waals surface area contributed by atoms with Crippen LogP contribution in [-0.4, -0.2) is 34.9 Å². The van der Waals surface area contributed by atoms with Crippen LogP contribution in [0, 0.1) is 0 Å². The molecule has 1 amide bonds. The van der Waals surface area contributed by atoms with Crippen molar-refractivity contribution in [3.8, 4) is 0 Å². The number of hydrogen-bond acceptors (Lipinski definition) is 3. The van der Waals surface area contributed by atoms with Gasteiger partial charge >= 0.3 is 0 Å². The lowest BCUT2D eigenvalue weighted by atomic mass is 10.0. The average molecular weight is 704 g/mol. The van der Waals surface area contributed by atoms with Gasteiger partial charge in [0.25, 0.3) is 0 Å². The fourth-order valence-electron chi connectivity index (χ4n) is 5.41. The van der Waals surface area contributed by atoms with E-state index >= 15 is 0 Å². The molecule has 4 nitrogen and oxygen atoms in total. The highest BCUT2D eigenvalue weighted by atomic mass is 16.3. The molecule has 0 aromatic heterocycles. The van der Waals surface area contributed by atoms with Crippen molar-refractivity contribution in [3.63, 3.8) is 0 Å². The molecular formula is C47H77NO3. The zero-order chi connectivity index (χ0) is 37.1. The molecule has 51 heavy (non-hydrogen) atoms. The molecule has 0 spiro atoms. The Bertz CT molecular complexity index is 1030. The first-order valence-electron chi connectivity index (χ1n) is 20.6. The lowest BCUT2D eigenvalue weighted by Gasteiger charge is -2.22. The second-order valence-electron chi connectivity index (χ2n) is 13.3. The molecule has 0 aromatic rings. The Kier molecular flexibility index (Phi) is 39.1. The standard InChI is InChI=1S/C47H77NO3/c1-3-5-7-9-11-13-14-15-16-17-18-19-20-21-22-23-24-25-26-27-28-29-30-31-32-33-34-35-37-39-41-43-47(51)48-45(44-49)46(50)42-40-38-36-12-10-8-6-4-2/h5,7,11,13,15-16,18-19,21-22,24-25,27-28,30-31,33-34,45-46,49-50H,3-4,6,8-10,12,14,17,20,23,26,29,32,35-44H2,1-2H3,(H,48,51)/b7-5-,13-11-,16-15-,19-18-,22-21-,25-24-,28-27-,31-30-,34-33-. The first-order chi connectivity index (χ1) is 25.2. The molecule has 0 heterocycles. The van der Waals surface area contributed by atoms with Gasteiger partial charge in [-0.05, 0) is 83.5 Å². The Morgan fingerprint density at radius 1 is 0.490 bits per heavy atom. The number of allylic oxidation sites excluding steroid dienone is 18. The molecule has 3 N–H and O–H groups in total. The van der Waals surface area contributed by atoms with E-state index in [9.17, 15) is 15.0 Å². The molecule has 288 valence electrons. The first kappa shape index (κ1) is 48.0. The Morgan fingerprint density at radius 3 is 1.27 bits per heavy atom. The molecule has 0 aromatic carbocycles. The summed E-state index contributed by atoms with van der Waals surface area (Å²) in [6, 6.07) is -0.559. The maximum absolute atomic E-state index is 12.3. The second-order valence-corrected chi connectivity index (χ2v) is 13.3. The Hall–Kier alpha value is -2.95. The summed E-state index contributed by atoms with van der Waals surface area (Å²) in [5, 5.41) is 22.9. The zero-order valence-electron chi connectivity index (χ0n) is 32.8. The Balaban J connectivity index is 3.71. The highest BCUT2D eigenvalue weighted by Gasteiger charge is 2.19. The van der Waals surface area contributed by atoms with Crippen LogP contribution in [0.25, 0.3) is 0 Å². The van der Waals surface area contributed by atoms with Crippen molar-refractivity contribution in [1.82, 2.24) is 5.32 Å². The minimum Gasteiger partial charge on any atom is -0.394 e. The van der Waals surface area contributed by atoms with E-state index in [1.165, 1.54) is 38.5 Å². The maximum Gasteiger partial charge on any atom is 0.220 e. The van der Waals surface area contributed by atoms with E-state index in [1.807, 2.05) is 0 Å². The minimum absolute atomic E-state index is 0.0730. The molecule has 0 aliphatic heterocycles. The summed E-state index contributed by atoms with van der Waals surface area (Å²) in [4.78, 5) is 12.3. The average Bonchev–Trinajstić information content (AvgIpc) is 3.13. The van der Waals surface area contributed by atoms with Gasteiger partial charge < -0.3 is 15.5 Å². The van der Waals surface area contributed by atoms with Crippen LogP contribution in [0.3, 0.4) is 0 Å². The third-order valence-electron chi connectivity index (χ3n) is 8.55. The van der Waals surface area contributed by atoms with E-state index in [2.05, 4.69) is 129 Å². The smallest absolute Gasteiger partial charge is 0.220 e. The number of aliphatic hydroxyl groups excluding tert-OH is 2. The molecule has 0 fully saturated rings. The van der Waals surface area contributed by atoms with Gasteiger partial charge in [0, 0.05) is 6.42 Å². The van der Waals surface area contributed by atoms with Gasteiger partial charge in [-0.2, -0.15) is 0 Å². The monoisotopic (exact) mass is 704 g/mol. The van der Waals surface area contributed by atoms with E-state index in [-0.39, 0.29) is 12.5 Å². The van der Waals surface area contributed by atoms with Crippen LogP contribution in [-0.2, 0) is 4.79 Å². The van der Waals surface area contributed by atoms with Crippen LogP contribution in [0.2, 0.25) is 0 Å². The molecule has 0 saturated heterocycles. The predicted octanol–water partition coefficient (Wildman–Crippen LogP) is 12.8. The number of amides is 1. The molecular weight excluding hydrogens is 627 g/mol. The number of aliphatic hydroxyl groups is 2. The topological polar surface area (TPSA) is 69.6 Å². The molecule has 0 rings (SSSR count). The zero-order valence-corrected chi connectivity index (χ0v) is 32.8. The molecule has 0 bridgehead atoms. The number of unbranched alkanes of at least 4 members (excludes halogenated alkanes) is 10. The molecule has 0 aliphatic rings. The third-order valence-corrected chi connectivity index (χ3v) is 8.55. The van der Waals surface area contributed by atoms with Gasteiger partial charge in [0.1, 0.15) is 0 Å². The van der Waals surface area contributed by atoms with Crippen LogP contribution >= 0.6 is 0 Å². The predicted molar refractivity (Wildman–Crippen MR) is 225 cm³/mol. The molecule has 0 saturated carbocycles. The maximum atomic E-state index is 12.3. The number of rotatable bonds is 35. The van der Waals surface area contributed by atoms with Crippen LogP contribution in [0.5, 0.6) is 0 Å². The van der Waals surface area contributed by atoms with Crippen molar-refractivity contribution in [1.29, 1.82) is 0 Å². The third kappa shape index (κ3) is 38.1. The molecule has 2 atom stereocenters. The largest absolute Gasteiger partial charge is 0.394 e. The van der Waals surface area contributed by atoms with E-state index in [1.54, 1.807) is 0 Å². The number of nitrogens with one attached hydrogen (secondary N) is 1. The van der Waals surface area contributed by atoms with E-state index < -0.39 is 12.1 Å². The summed E-state index contributed by atoms with van der Waals surface area (Å²) in [7, 11) is 0. The van der Waals surface area contributed by atoms with Crippen molar-refractivity contribution in [3.05, 3.63) is 109 Å². The Labute approximate surface area is 315 Å². The highest BCUT2D eigenvalue weighted by Crippen LogP contribution is 2.12. The van der Waals surface area contributed by atoms with Crippen LogP contribution in [0.1, 0.15) is 162 Å². The van der Waals surface area contributed by atoms with Crippen molar-refractivity contribution >= 4 is 5.91 Å². The van der Waals surface area contributed by atoms with Gasteiger partial charge in [0.05, 0.1) is 18.8 Å². The van der Waals surface area contributed by atoms with Crippen LogP contribution < -0.4 is 5.32 Å². The van der Waals surface area contributed by atoms with Crippen molar-refractivity contribution in [2.75, 3.05) is 6.61 Å². The van der Waals surface area contributed by atoms with Gasteiger partial charge in [-0.3, -0.25) is 4.79 Å². The summed E-state index contributed by atoms with van der Waals surface area (Å²) in [5.41, 5.74) is 0. The van der Waals surface area contributed by atoms with Crippen molar-refractivity contribution < 1.29 is 15.0 Å². The summed E-state index contributed by atoms with van der Waals surface area (Å²) in [5.74, 6) is -0.0730. The molecule has 0 radical (unpaired) electrons. The lowest BCUT2D eigenvalue weighted by molar-refractivity contribution is -0.123. The van der Waals surface area contributed by atoms with Crippen LogP contribution in [0.15, 0.2) is 109 Å². The molecule has 2 unspecified atom stereocenters. The Morgan fingerprint density at radius 2 is 0.863 bits per heavy atom. The van der Waals surface area contributed by atoms with Gasteiger partial charge in [0.2, 0.25) is 5.91 Å². The SMILES string of the molecule is CC/C=C\C/C=C\C/C=C\C/C=C\C/C=C\C/C=C\C/C=C\C/C=C\C/C=C\CCCCCC(=O)NC(CO)C(O)CCCCCCCCCC. The second kappa shape index (κ2) is 41.5. The van der Waals surface area contributed by atoms with E-state index in [4.69, 9.17) is 0 Å². The summed E-state index contributed by atoms with van der Waals surface area (Å²) in [6.45, 7) is 4.17. The fraction of sp³-hybridized carbons (Fsp3) is 0.596. The highest BCUT2D eigenvalue weighted by molar-refractivity contribution is 5.76. The summed E-state index contributed by atoms with van der Waals surface area (Å²) in [6.07, 6.45) is 63.1. The molecule has 0 aliphatic carbocycles. The van der Waals surface area contributed by atoms with Crippen molar-refractivity contribution in [2.45, 2.75) is 174 Å². The van der Waals surface area contributed by atoms with Gasteiger partial charge in [-0.15, -0.1) is 0 Å². The van der Waals surface area contributed by atoms with E-state index in [0.717, 1.165) is 96.3 Å². The number of carbonyl (C=O) groups is 1. The van der Waals surface area contributed by atoms with Crippen LogP contribution in [0.4, 0.5) is 0 Å². The fourth-order valence-corrected chi connectivity index (χ4v) is 5.41. The lowest BCUT2D eigenvalue weighted by Crippen LogP contribution is -2.45. The quantitative estimate of drug-likeness (QED) is 0.0454. The number of hydrogen-bond donors (Lipinski definition) is 3. The van der Waals surface area contributed by atoms with Gasteiger partial charge in [-0.1, -0.05) is 181 Å². The normalized spacial score (nSPS) is 14.2.